The predicted octanol–water partition coefficient (Wildman–Crippen LogP) is 6.76. The van der Waals surface area contributed by atoms with Crippen LogP contribution in [0.1, 0.15) is 46.8 Å². The first-order chi connectivity index (χ1) is 16.2. The van der Waals surface area contributed by atoms with Crippen molar-refractivity contribution in [2.24, 2.45) is 0 Å². The highest BCUT2D eigenvalue weighted by Crippen LogP contribution is 2.51. The van der Waals surface area contributed by atoms with Gasteiger partial charge in [0.1, 0.15) is 11.5 Å². The second kappa shape index (κ2) is 8.62. The first kappa shape index (κ1) is 21.1. The molecule has 0 fully saturated rings. The average Bonchev–Trinajstić information content (AvgIpc) is 2.87. The molecule has 0 amide bonds. The minimum absolute atomic E-state index is 0.157. The van der Waals surface area contributed by atoms with Gasteiger partial charge in [0, 0.05) is 41.9 Å². The Labute approximate surface area is 194 Å². The van der Waals surface area contributed by atoms with Crippen LogP contribution >= 0.6 is 0 Å². The van der Waals surface area contributed by atoms with Crippen molar-refractivity contribution in [2.45, 2.75) is 19.8 Å². The monoisotopic (exact) mass is 437 g/mol. The molecule has 0 spiro atoms. The van der Waals surface area contributed by atoms with E-state index in [2.05, 4.69) is 55.1 Å². The number of methoxy groups -OCH3 is 1. The molecule has 0 saturated heterocycles. The van der Waals surface area contributed by atoms with Crippen LogP contribution in [0.3, 0.4) is 0 Å². The van der Waals surface area contributed by atoms with Crippen LogP contribution in [0.2, 0.25) is 0 Å². The Morgan fingerprint density at radius 2 is 1.64 bits per heavy atom. The molecule has 0 N–H and O–H groups in total. The van der Waals surface area contributed by atoms with Gasteiger partial charge in [0.25, 0.3) is 0 Å². The average molecular weight is 438 g/mol. The van der Waals surface area contributed by atoms with Crippen LogP contribution in [0.5, 0.6) is 11.5 Å². The van der Waals surface area contributed by atoms with E-state index in [0.717, 1.165) is 57.7 Å². The van der Waals surface area contributed by atoms with Crippen LogP contribution in [0, 0.1) is 0 Å². The van der Waals surface area contributed by atoms with Crippen LogP contribution < -0.4 is 9.64 Å². The molecule has 0 aliphatic carbocycles. The zero-order valence-electron chi connectivity index (χ0n) is 19.2. The molecule has 4 aromatic rings. The van der Waals surface area contributed by atoms with Crippen LogP contribution in [0.25, 0.3) is 10.8 Å². The number of fused-ring (bicyclic) bond motifs is 4. The SMILES string of the molecule is CCN(CC)c1ccc2c(c1)Oc1ccc3ccccc3c1C2c1ccccc1C(=O)OC. The van der Waals surface area contributed by atoms with Gasteiger partial charge in [-0.1, -0.05) is 54.6 Å². The topological polar surface area (TPSA) is 38.8 Å². The quantitative estimate of drug-likeness (QED) is 0.285. The Morgan fingerprint density at radius 3 is 2.42 bits per heavy atom. The molecule has 1 unspecified atom stereocenters. The van der Waals surface area contributed by atoms with Crippen molar-refractivity contribution >= 4 is 22.4 Å². The van der Waals surface area contributed by atoms with Crippen LogP contribution in [-0.4, -0.2) is 26.2 Å². The lowest BCUT2D eigenvalue weighted by atomic mass is 9.78. The summed E-state index contributed by atoms with van der Waals surface area (Å²) in [6.45, 7) is 6.15. The zero-order chi connectivity index (χ0) is 22.9. The first-order valence-electron chi connectivity index (χ1n) is 11.4. The third kappa shape index (κ3) is 3.52. The molecular formula is C29H27NO3. The fourth-order valence-electron chi connectivity index (χ4n) is 4.94. The van der Waals surface area contributed by atoms with E-state index in [4.69, 9.17) is 9.47 Å². The van der Waals surface area contributed by atoms with E-state index in [1.54, 1.807) is 0 Å². The lowest BCUT2D eigenvalue weighted by molar-refractivity contribution is 0.0599. The van der Waals surface area contributed by atoms with E-state index < -0.39 is 0 Å². The third-order valence-corrected chi connectivity index (χ3v) is 6.55. The minimum atomic E-state index is -0.333. The maximum Gasteiger partial charge on any atom is 0.338 e. The number of benzene rings is 4. The molecule has 0 bridgehead atoms. The van der Waals surface area contributed by atoms with Crippen molar-refractivity contribution in [3.8, 4) is 11.5 Å². The van der Waals surface area contributed by atoms with E-state index in [-0.39, 0.29) is 11.9 Å². The molecule has 1 aliphatic heterocycles. The van der Waals surface area contributed by atoms with Gasteiger partial charge in [0.05, 0.1) is 12.7 Å². The molecule has 1 heterocycles. The van der Waals surface area contributed by atoms with Crippen molar-refractivity contribution in [3.63, 3.8) is 0 Å². The summed E-state index contributed by atoms with van der Waals surface area (Å²) in [4.78, 5) is 15.0. The first-order valence-corrected chi connectivity index (χ1v) is 11.4. The van der Waals surface area contributed by atoms with Gasteiger partial charge in [0.15, 0.2) is 0 Å². The molecule has 5 rings (SSSR count). The maximum atomic E-state index is 12.7. The van der Waals surface area contributed by atoms with Crippen molar-refractivity contribution in [2.75, 3.05) is 25.1 Å². The van der Waals surface area contributed by atoms with Crippen LogP contribution in [0.4, 0.5) is 5.69 Å². The molecule has 4 nitrogen and oxygen atoms in total. The summed E-state index contributed by atoms with van der Waals surface area (Å²) < 4.78 is 11.6. The summed E-state index contributed by atoms with van der Waals surface area (Å²) in [6, 6.07) is 26.6. The lowest BCUT2D eigenvalue weighted by Gasteiger charge is -2.32. The normalized spacial score (nSPS) is 14.2. The molecule has 0 aromatic heterocycles. The van der Waals surface area contributed by atoms with Gasteiger partial charge in [-0.2, -0.15) is 0 Å². The lowest BCUT2D eigenvalue weighted by Crippen LogP contribution is -2.22. The fraction of sp³-hybridized carbons (Fsp3) is 0.207. The molecule has 0 saturated carbocycles. The Balaban J connectivity index is 1.80. The molecule has 1 aliphatic rings. The van der Waals surface area contributed by atoms with Gasteiger partial charge in [-0.3, -0.25) is 0 Å². The second-order valence-electron chi connectivity index (χ2n) is 8.21. The predicted molar refractivity (Wildman–Crippen MR) is 133 cm³/mol. The van der Waals surface area contributed by atoms with Gasteiger partial charge in [-0.15, -0.1) is 0 Å². The van der Waals surface area contributed by atoms with E-state index in [1.165, 1.54) is 7.11 Å². The minimum Gasteiger partial charge on any atom is -0.465 e. The van der Waals surface area contributed by atoms with E-state index in [1.807, 2.05) is 42.5 Å². The number of carbonyl (C=O) groups excluding carboxylic acids is 1. The van der Waals surface area contributed by atoms with Gasteiger partial charge >= 0.3 is 5.97 Å². The Kier molecular flexibility index (Phi) is 5.51. The van der Waals surface area contributed by atoms with Crippen molar-refractivity contribution < 1.29 is 14.3 Å². The smallest absolute Gasteiger partial charge is 0.338 e. The summed E-state index contributed by atoms with van der Waals surface area (Å²) in [5.41, 5.74) is 4.74. The molecule has 166 valence electrons. The Hall–Kier alpha value is -3.79. The highest BCUT2D eigenvalue weighted by molar-refractivity contribution is 5.94. The number of rotatable bonds is 5. The largest absolute Gasteiger partial charge is 0.465 e. The van der Waals surface area contributed by atoms with Crippen molar-refractivity contribution in [3.05, 3.63) is 101 Å². The number of nitrogens with zero attached hydrogens (tertiary/aromatic N) is 1. The maximum absolute atomic E-state index is 12.7. The van der Waals surface area contributed by atoms with Crippen molar-refractivity contribution in [1.82, 2.24) is 0 Å². The molecule has 0 radical (unpaired) electrons. The third-order valence-electron chi connectivity index (χ3n) is 6.55. The van der Waals surface area contributed by atoms with Crippen LogP contribution in [0.15, 0.2) is 78.9 Å². The van der Waals surface area contributed by atoms with Crippen LogP contribution in [-0.2, 0) is 4.74 Å². The second-order valence-corrected chi connectivity index (χ2v) is 8.21. The molecule has 4 aromatic carbocycles. The molecule has 4 heteroatoms. The highest BCUT2D eigenvalue weighted by atomic mass is 16.5. The summed E-state index contributed by atoms with van der Waals surface area (Å²) in [6.07, 6.45) is 0. The summed E-state index contributed by atoms with van der Waals surface area (Å²) in [5.74, 6) is 1.16. The number of carbonyl (C=O) groups is 1. The molecule has 1 atom stereocenters. The summed E-state index contributed by atoms with van der Waals surface area (Å²) in [5, 5.41) is 2.27. The fourth-order valence-corrected chi connectivity index (χ4v) is 4.94. The highest BCUT2D eigenvalue weighted by Gasteiger charge is 2.33. The number of ether oxygens (including phenoxy) is 2. The Bertz CT molecular complexity index is 1340. The van der Waals surface area contributed by atoms with Gasteiger partial charge in [-0.05, 0) is 48.4 Å². The number of hydrogen-bond acceptors (Lipinski definition) is 4. The van der Waals surface area contributed by atoms with E-state index in [0.29, 0.717) is 5.56 Å². The Morgan fingerprint density at radius 1 is 0.879 bits per heavy atom. The zero-order valence-corrected chi connectivity index (χ0v) is 19.2. The van der Waals surface area contributed by atoms with Crippen molar-refractivity contribution in [1.29, 1.82) is 0 Å². The summed E-state index contributed by atoms with van der Waals surface area (Å²) in [7, 11) is 1.43. The molecular weight excluding hydrogens is 410 g/mol. The van der Waals surface area contributed by atoms with Gasteiger partial charge in [0.2, 0.25) is 0 Å². The number of esters is 1. The standard InChI is InChI=1S/C29H27NO3/c1-4-30(5-2)20-15-16-24-26(18-20)33-25-17-14-19-10-6-7-11-21(19)28(25)27(24)22-12-8-9-13-23(22)29(31)32-3/h6-18,27H,4-5H2,1-3H3. The number of anilines is 1. The molecule has 33 heavy (non-hydrogen) atoms. The van der Waals surface area contributed by atoms with E-state index in [9.17, 15) is 4.79 Å². The number of hydrogen-bond donors (Lipinski definition) is 0. The summed E-state index contributed by atoms with van der Waals surface area (Å²) >= 11 is 0. The van der Waals surface area contributed by atoms with Gasteiger partial charge < -0.3 is 14.4 Å². The van der Waals surface area contributed by atoms with E-state index >= 15 is 0 Å². The van der Waals surface area contributed by atoms with Gasteiger partial charge in [-0.25, -0.2) is 4.79 Å².